The van der Waals surface area contributed by atoms with Crippen LogP contribution < -0.4 is 5.32 Å². The van der Waals surface area contributed by atoms with Crippen molar-refractivity contribution in [1.29, 1.82) is 0 Å². The minimum atomic E-state index is -3.74. The first-order valence-electron chi connectivity index (χ1n) is 8.08. The van der Waals surface area contributed by atoms with Crippen molar-refractivity contribution in [3.63, 3.8) is 0 Å². The molecule has 1 aliphatic rings. The van der Waals surface area contributed by atoms with Gasteiger partial charge in [-0.05, 0) is 57.0 Å². The molecular weight excluding hydrogens is 326 g/mol. The van der Waals surface area contributed by atoms with Gasteiger partial charge in [0.1, 0.15) is 13.2 Å². The molecule has 0 aliphatic carbocycles. The number of benzene rings is 1. The fraction of sp³-hybridized carbons (Fsp3) is 0.444. The minimum absolute atomic E-state index is 0.0322. The molecule has 1 atom stereocenters. The molecular formula is C18H25NO4S. The molecule has 5 nitrogen and oxygen atoms in total. The van der Waals surface area contributed by atoms with E-state index in [-0.39, 0.29) is 18.1 Å². The van der Waals surface area contributed by atoms with Crippen molar-refractivity contribution in [1.82, 2.24) is 5.32 Å². The summed E-state index contributed by atoms with van der Waals surface area (Å²) in [5.74, 6) is 0.699. The summed E-state index contributed by atoms with van der Waals surface area (Å²) >= 11 is 0. The van der Waals surface area contributed by atoms with Gasteiger partial charge in [0, 0.05) is 6.04 Å². The molecule has 1 N–H and O–H groups in total. The predicted molar refractivity (Wildman–Crippen MR) is 94.2 cm³/mol. The number of aryl methyl sites for hydroxylation is 1. The molecule has 1 aromatic rings. The highest BCUT2D eigenvalue weighted by atomic mass is 32.2. The van der Waals surface area contributed by atoms with Gasteiger partial charge in [-0.25, -0.2) is 0 Å². The van der Waals surface area contributed by atoms with E-state index in [1.54, 1.807) is 12.1 Å². The number of rotatable bonds is 8. The molecule has 0 radical (unpaired) electrons. The molecule has 0 bridgehead atoms. The second-order valence-corrected chi connectivity index (χ2v) is 7.53. The molecule has 0 amide bonds. The first-order valence-corrected chi connectivity index (χ1v) is 9.49. The second kappa shape index (κ2) is 8.46. The van der Waals surface area contributed by atoms with Crippen molar-refractivity contribution >= 4 is 10.1 Å². The molecule has 0 unspecified atom stereocenters. The van der Waals surface area contributed by atoms with Crippen LogP contribution in [-0.4, -0.2) is 34.2 Å². The van der Waals surface area contributed by atoms with Crippen molar-refractivity contribution in [3.8, 4) is 0 Å². The van der Waals surface area contributed by atoms with Gasteiger partial charge in [0.15, 0.2) is 0 Å². The Bertz CT molecular complexity index is 686. The summed E-state index contributed by atoms with van der Waals surface area (Å²) < 4.78 is 34.6. The van der Waals surface area contributed by atoms with Crippen molar-refractivity contribution in [2.24, 2.45) is 0 Å². The van der Waals surface area contributed by atoms with Crippen LogP contribution in [0.4, 0.5) is 0 Å². The van der Waals surface area contributed by atoms with Crippen molar-refractivity contribution < 1.29 is 17.3 Å². The van der Waals surface area contributed by atoms with E-state index < -0.39 is 10.1 Å². The van der Waals surface area contributed by atoms with Gasteiger partial charge in [0.05, 0.1) is 10.7 Å². The fourth-order valence-electron chi connectivity index (χ4n) is 2.52. The van der Waals surface area contributed by atoms with E-state index >= 15 is 0 Å². The third-order valence-corrected chi connectivity index (χ3v) is 5.18. The third kappa shape index (κ3) is 5.47. The van der Waals surface area contributed by atoms with E-state index in [0.29, 0.717) is 11.8 Å². The summed E-state index contributed by atoms with van der Waals surface area (Å²) in [7, 11) is -3.74. The summed E-state index contributed by atoms with van der Waals surface area (Å²) in [6.45, 7) is 8.92. The quantitative estimate of drug-likeness (QED) is 0.338. The average Bonchev–Trinajstić information content (AvgIpc) is 3.06. The van der Waals surface area contributed by atoms with Gasteiger partial charge >= 0.3 is 0 Å². The van der Waals surface area contributed by atoms with E-state index in [0.717, 1.165) is 30.5 Å². The van der Waals surface area contributed by atoms with Crippen LogP contribution in [0.25, 0.3) is 0 Å². The second-order valence-electron chi connectivity index (χ2n) is 5.92. The number of hydrogen-bond donors (Lipinski definition) is 1. The van der Waals surface area contributed by atoms with E-state index in [1.165, 1.54) is 12.1 Å². The normalized spacial score (nSPS) is 18.6. The summed E-state index contributed by atoms with van der Waals surface area (Å²) in [5, 5.41) is 3.37. The number of allylic oxidation sites excluding steroid dienone is 1. The molecule has 0 aromatic heterocycles. The Balaban J connectivity index is 1.77. The first-order chi connectivity index (χ1) is 11.4. The van der Waals surface area contributed by atoms with Crippen LogP contribution in [0.15, 0.2) is 53.1 Å². The van der Waals surface area contributed by atoms with Crippen molar-refractivity contribution in [2.45, 2.75) is 37.6 Å². The Hall–Kier alpha value is -1.63. The molecule has 2 rings (SSSR count). The zero-order valence-corrected chi connectivity index (χ0v) is 15.1. The highest BCUT2D eigenvalue weighted by Gasteiger charge is 2.16. The number of hydrogen-bond acceptors (Lipinski definition) is 5. The topological polar surface area (TPSA) is 64.6 Å². The highest BCUT2D eigenvalue weighted by molar-refractivity contribution is 7.86. The summed E-state index contributed by atoms with van der Waals surface area (Å²) in [6, 6.07) is 6.86. The van der Waals surface area contributed by atoms with E-state index in [2.05, 4.69) is 11.9 Å². The van der Waals surface area contributed by atoms with Gasteiger partial charge < -0.3 is 10.1 Å². The third-order valence-electron chi connectivity index (χ3n) is 3.86. The summed E-state index contributed by atoms with van der Waals surface area (Å²) in [6.07, 6.45) is 4.13. The minimum Gasteiger partial charge on any atom is -0.496 e. The van der Waals surface area contributed by atoms with Gasteiger partial charge in [-0.15, -0.1) is 0 Å². The van der Waals surface area contributed by atoms with Crippen LogP contribution in [0.5, 0.6) is 0 Å². The maximum atomic E-state index is 12.0. The Labute approximate surface area is 144 Å². The molecule has 0 saturated carbocycles. The first kappa shape index (κ1) is 18.7. The molecule has 1 aliphatic heterocycles. The van der Waals surface area contributed by atoms with Gasteiger partial charge in [0.2, 0.25) is 0 Å². The van der Waals surface area contributed by atoms with Crippen molar-refractivity contribution in [3.05, 3.63) is 53.8 Å². The lowest BCUT2D eigenvalue weighted by molar-refractivity contribution is 0.160. The maximum Gasteiger partial charge on any atom is 0.297 e. The fourth-order valence-corrected chi connectivity index (χ4v) is 3.42. The Kier molecular flexibility index (Phi) is 6.60. The molecule has 1 saturated heterocycles. The van der Waals surface area contributed by atoms with E-state index in [1.807, 2.05) is 19.9 Å². The van der Waals surface area contributed by atoms with Gasteiger partial charge in [-0.3, -0.25) is 4.18 Å². The van der Waals surface area contributed by atoms with Crippen LogP contribution >= 0.6 is 0 Å². The number of nitrogens with one attached hydrogen (secondary N) is 1. The smallest absolute Gasteiger partial charge is 0.297 e. The molecule has 0 spiro atoms. The largest absolute Gasteiger partial charge is 0.496 e. The zero-order valence-electron chi connectivity index (χ0n) is 14.2. The Morgan fingerprint density at radius 1 is 1.33 bits per heavy atom. The standard InChI is InChI=1S/C18H25NO4S/c1-14-6-8-17(9-7-14)24(20,21)23-12-11-22-16(3)13-15(2)18-5-4-10-19-18/h6-9,13,18-19H,2,4-5,10-12H2,1,3H3/b16-13+/t18-/m0/s1. The van der Waals surface area contributed by atoms with Crippen molar-refractivity contribution in [2.75, 3.05) is 19.8 Å². The van der Waals surface area contributed by atoms with Gasteiger partial charge in [-0.2, -0.15) is 8.42 Å². The van der Waals surface area contributed by atoms with Crippen LogP contribution in [0.3, 0.4) is 0 Å². The number of ether oxygens (including phenoxy) is 1. The highest BCUT2D eigenvalue weighted by Crippen LogP contribution is 2.16. The molecule has 1 heterocycles. The van der Waals surface area contributed by atoms with Gasteiger partial charge in [-0.1, -0.05) is 24.3 Å². The van der Waals surface area contributed by atoms with Crippen LogP contribution in [0.1, 0.15) is 25.3 Å². The van der Waals surface area contributed by atoms with E-state index in [9.17, 15) is 8.42 Å². The lowest BCUT2D eigenvalue weighted by atomic mass is 10.1. The molecule has 6 heteroatoms. The monoisotopic (exact) mass is 351 g/mol. The average molecular weight is 351 g/mol. The van der Waals surface area contributed by atoms with Gasteiger partial charge in [0.25, 0.3) is 10.1 Å². The lowest BCUT2D eigenvalue weighted by Crippen LogP contribution is -2.22. The predicted octanol–water partition coefficient (Wildman–Crippen LogP) is 2.93. The molecule has 132 valence electrons. The SMILES string of the molecule is C=C(/C=C(\C)OCCOS(=O)(=O)c1ccc(C)cc1)[C@@H]1CCCN1. The Morgan fingerprint density at radius 2 is 2.04 bits per heavy atom. The molecule has 1 fully saturated rings. The van der Waals surface area contributed by atoms with Crippen LogP contribution in [0.2, 0.25) is 0 Å². The van der Waals surface area contributed by atoms with Crippen LogP contribution in [-0.2, 0) is 19.0 Å². The molecule has 1 aromatic carbocycles. The maximum absolute atomic E-state index is 12.0. The summed E-state index contributed by atoms with van der Waals surface area (Å²) in [4.78, 5) is 0.154. The lowest BCUT2D eigenvalue weighted by Gasteiger charge is -2.12. The zero-order chi connectivity index (χ0) is 17.6. The molecule has 24 heavy (non-hydrogen) atoms. The van der Waals surface area contributed by atoms with E-state index in [4.69, 9.17) is 8.92 Å². The van der Waals surface area contributed by atoms with Crippen LogP contribution in [0, 0.1) is 6.92 Å². The Morgan fingerprint density at radius 3 is 2.67 bits per heavy atom. The summed E-state index contributed by atoms with van der Waals surface area (Å²) in [5.41, 5.74) is 1.98.